The van der Waals surface area contributed by atoms with Crippen LogP contribution in [0.1, 0.15) is 5.56 Å². The molecule has 0 unspecified atom stereocenters. The molecule has 0 amide bonds. The summed E-state index contributed by atoms with van der Waals surface area (Å²) in [4.78, 5) is 0. The van der Waals surface area contributed by atoms with Crippen LogP contribution >= 0.6 is 0 Å². The van der Waals surface area contributed by atoms with Gasteiger partial charge in [0.25, 0.3) is 0 Å². The summed E-state index contributed by atoms with van der Waals surface area (Å²) >= 11 is 0. The van der Waals surface area contributed by atoms with E-state index in [0.29, 0.717) is 0 Å². The first-order valence-corrected chi connectivity index (χ1v) is 3.18. The van der Waals surface area contributed by atoms with Crippen LogP contribution in [0.15, 0.2) is 24.3 Å². The molecule has 0 saturated heterocycles. The third-order valence-corrected chi connectivity index (χ3v) is 1.36. The van der Waals surface area contributed by atoms with Gasteiger partial charge in [-0.3, -0.25) is 5.84 Å². The highest BCUT2D eigenvalue weighted by molar-refractivity contribution is 5.45. The average Bonchev–Trinajstić information content (AvgIpc) is 2.03. The Morgan fingerprint density at radius 3 is 2.31 bits per heavy atom. The number of alkyl halides is 3. The lowest BCUT2D eigenvalue weighted by atomic mass is 10.2. The largest absolute Gasteiger partial charge is 1.00 e. The number of hydrogen-bond donors (Lipinski definition) is 2. The predicted octanol–water partition coefficient (Wildman–Crippen LogP) is -1.00. The molecule has 1 aromatic carbocycles. The zero-order valence-corrected chi connectivity index (χ0v) is 7.15. The molecule has 0 heterocycles. The van der Waals surface area contributed by atoms with E-state index in [1.54, 1.807) is 0 Å². The number of rotatable bonds is 1. The SMILES string of the molecule is NNc1cccc(C(F)(F)F)c1.[Cl-]. The Morgan fingerprint density at radius 1 is 1.23 bits per heavy atom. The number of hydrazine groups is 1. The fraction of sp³-hybridized carbons (Fsp3) is 0.143. The number of nitrogens with two attached hydrogens (primary N) is 1. The summed E-state index contributed by atoms with van der Waals surface area (Å²) < 4.78 is 36.1. The molecule has 0 aliphatic carbocycles. The molecule has 13 heavy (non-hydrogen) atoms. The Balaban J connectivity index is 0.00000144. The second-order valence-electron chi connectivity index (χ2n) is 2.22. The molecular weight excluding hydrogens is 205 g/mol. The van der Waals surface area contributed by atoms with Crippen molar-refractivity contribution in [1.29, 1.82) is 0 Å². The Kier molecular flexibility index (Phi) is 4.03. The zero-order chi connectivity index (χ0) is 9.19. The Bertz CT molecular complexity index is 275. The summed E-state index contributed by atoms with van der Waals surface area (Å²) in [7, 11) is 0. The summed E-state index contributed by atoms with van der Waals surface area (Å²) in [6.07, 6.45) is -4.31. The van der Waals surface area contributed by atoms with E-state index in [9.17, 15) is 13.2 Å². The molecule has 74 valence electrons. The first-order valence-electron chi connectivity index (χ1n) is 3.18. The highest BCUT2D eigenvalue weighted by atomic mass is 35.5. The summed E-state index contributed by atoms with van der Waals surface area (Å²) in [6, 6.07) is 4.67. The van der Waals surface area contributed by atoms with E-state index in [1.807, 2.05) is 0 Å². The van der Waals surface area contributed by atoms with Crippen molar-refractivity contribution in [2.24, 2.45) is 5.84 Å². The van der Waals surface area contributed by atoms with Gasteiger partial charge in [-0.2, -0.15) is 13.2 Å². The van der Waals surface area contributed by atoms with Crippen LogP contribution in [0, 0.1) is 0 Å². The van der Waals surface area contributed by atoms with E-state index in [0.717, 1.165) is 12.1 Å². The molecule has 1 aromatic rings. The van der Waals surface area contributed by atoms with Crippen LogP contribution in [0.25, 0.3) is 0 Å². The van der Waals surface area contributed by atoms with E-state index < -0.39 is 11.7 Å². The molecule has 1 rings (SSSR count). The van der Waals surface area contributed by atoms with Crippen LogP contribution in [0.2, 0.25) is 0 Å². The minimum Gasteiger partial charge on any atom is -1.00 e. The molecule has 0 aliphatic heterocycles. The van der Waals surface area contributed by atoms with Gasteiger partial charge < -0.3 is 17.8 Å². The monoisotopic (exact) mass is 211 g/mol. The van der Waals surface area contributed by atoms with Crippen molar-refractivity contribution in [3.05, 3.63) is 29.8 Å². The van der Waals surface area contributed by atoms with Crippen LogP contribution in [0.5, 0.6) is 0 Å². The number of benzene rings is 1. The second kappa shape index (κ2) is 4.34. The molecular formula is C7H7ClF3N2-. The van der Waals surface area contributed by atoms with Gasteiger partial charge in [0.15, 0.2) is 0 Å². The molecule has 0 aliphatic rings. The van der Waals surface area contributed by atoms with Gasteiger partial charge >= 0.3 is 6.18 Å². The van der Waals surface area contributed by atoms with Gasteiger partial charge in [0.1, 0.15) is 0 Å². The number of halogens is 4. The van der Waals surface area contributed by atoms with Crippen molar-refractivity contribution in [1.82, 2.24) is 0 Å². The molecule has 0 spiro atoms. The van der Waals surface area contributed by atoms with Crippen molar-refractivity contribution in [2.45, 2.75) is 6.18 Å². The van der Waals surface area contributed by atoms with Gasteiger partial charge in [-0.25, -0.2) is 0 Å². The van der Waals surface area contributed by atoms with E-state index >= 15 is 0 Å². The molecule has 0 radical (unpaired) electrons. The molecule has 0 saturated carbocycles. The maximum atomic E-state index is 12.0. The van der Waals surface area contributed by atoms with Crippen LogP contribution in [-0.2, 0) is 6.18 Å². The molecule has 0 atom stereocenters. The number of anilines is 1. The molecule has 0 aromatic heterocycles. The fourth-order valence-corrected chi connectivity index (χ4v) is 0.785. The lowest BCUT2D eigenvalue weighted by Crippen LogP contribution is -3.00. The van der Waals surface area contributed by atoms with Gasteiger partial charge in [-0.1, -0.05) is 6.07 Å². The minimum atomic E-state index is -4.31. The number of nitrogens with one attached hydrogen (secondary N) is 1. The first-order chi connectivity index (χ1) is 5.54. The zero-order valence-electron chi connectivity index (χ0n) is 6.40. The van der Waals surface area contributed by atoms with Crippen molar-refractivity contribution in [3.8, 4) is 0 Å². The van der Waals surface area contributed by atoms with Gasteiger partial charge in [-0.15, -0.1) is 0 Å². The number of nitrogen functional groups attached to an aromatic ring is 1. The average molecular weight is 212 g/mol. The highest BCUT2D eigenvalue weighted by Gasteiger charge is 2.30. The number of hydrogen-bond acceptors (Lipinski definition) is 2. The lowest BCUT2D eigenvalue weighted by Gasteiger charge is -2.07. The lowest BCUT2D eigenvalue weighted by molar-refractivity contribution is -0.137. The normalized spacial score (nSPS) is 10.5. The first kappa shape index (κ1) is 12.1. The third kappa shape index (κ3) is 3.12. The van der Waals surface area contributed by atoms with Gasteiger partial charge in [0.2, 0.25) is 0 Å². The van der Waals surface area contributed by atoms with E-state index in [-0.39, 0.29) is 18.1 Å². The van der Waals surface area contributed by atoms with Crippen LogP contribution < -0.4 is 23.7 Å². The third-order valence-electron chi connectivity index (χ3n) is 1.36. The van der Waals surface area contributed by atoms with Crippen molar-refractivity contribution >= 4 is 5.69 Å². The maximum absolute atomic E-state index is 12.0. The van der Waals surface area contributed by atoms with Crippen molar-refractivity contribution in [3.63, 3.8) is 0 Å². The quantitative estimate of drug-likeness (QED) is 0.462. The Hall–Kier alpha value is -0.940. The van der Waals surface area contributed by atoms with Crippen LogP contribution in [0.3, 0.4) is 0 Å². The van der Waals surface area contributed by atoms with Gasteiger partial charge in [0, 0.05) is 5.69 Å². The van der Waals surface area contributed by atoms with Crippen molar-refractivity contribution < 1.29 is 25.6 Å². The summed E-state index contributed by atoms with van der Waals surface area (Å²) in [6.45, 7) is 0. The predicted molar refractivity (Wildman–Crippen MR) is 39.3 cm³/mol. The van der Waals surface area contributed by atoms with Gasteiger partial charge in [-0.05, 0) is 18.2 Å². The fourth-order valence-electron chi connectivity index (χ4n) is 0.785. The molecule has 2 nitrogen and oxygen atoms in total. The minimum absolute atomic E-state index is 0. The molecule has 3 N–H and O–H groups in total. The van der Waals surface area contributed by atoms with E-state index in [1.165, 1.54) is 12.1 Å². The molecule has 0 fully saturated rings. The summed E-state index contributed by atoms with van der Waals surface area (Å²) in [5.74, 6) is 4.94. The molecule has 6 heteroatoms. The summed E-state index contributed by atoms with van der Waals surface area (Å²) in [5.41, 5.74) is 1.67. The maximum Gasteiger partial charge on any atom is 0.416 e. The Morgan fingerprint density at radius 2 is 1.85 bits per heavy atom. The highest BCUT2D eigenvalue weighted by Crippen LogP contribution is 2.30. The van der Waals surface area contributed by atoms with Gasteiger partial charge in [0.05, 0.1) is 5.56 Å². The second-order valence-corrected chi connectivity index (χ2v) is 2.22. The van der Waals surface area contributed by atoms with E-state index in [2.05, 4.69) is 5.43 Å². The van der Waals surface area contributed by atoms with E-state index in [4.69, 9.17) is 5.84 Å². The smallest absolute Gasteiger partial charge is 0.416 e. The standard InChI is InChI=1S/C7H7F3N2.ClH/c8-7(9,10)5-2-1-3-6(4-5)12-11;/h1-4,12H,11H2;1H/p-1. The Labute approximate surface area is 79.3 Å². The van der Waals surface area contributed by atoms with Crippen molar-refractivity contribution in [2.75, 3.05) is 5.43 Å². The summed E-state index contributed by atoms with van der Waals surface area (Å²) in [5, 5.41) is 0. The van der Waals surface area contributed by atoms with Crippen LogP contribution in [-0.4, -0.2) is 0 Å². The topological polar surface area (TPSA) is 38.0 Å². The van der Waals surface area contributed by atoms with Crippen LogP contribution in [0.4, 0.5) is 18.9 Å². The molecule has 0 bridgehead atoms.